The minimum absolute atomic E-state index is 0.138. The Morgan fingerprint density at radius 1 is 1.07 bits per heavy atom. The summed E-state index contributed by atoms with van der Waals surface area (Å²) in [6.45, 7) is 5.29. The monoisotopic (exact) mass is 435 g/mol. The van der Waals surface area contributed by atoms with Crippen molar-refractivity contribution in [3.8, 4) is 0 Å². The second kappa shape index (κ2) is 7.90. The number of carbonyl (C=O) groups excluding carboxylic acids is 1. The van der Waals surface area contributed by atoms with Crippen LogP contribution in [0.25, 0.3) is 0 Å². The van der Waals surface area contributed by atoms with Crippen LogP contribution in [-0.2, 0) is 10.0 Å². The largest absolute Gasteiger partial charge is 0.321 e. The second-order valence-electron chi connectivity index (χ2n) is 6.27. The quantitative estimate of drug-likeness (QED) is 0.603. The SMILES string of the molecule is Cc1ccc(S(=O)(=O)Nc2nc(C)c(C(=O)Nc3ccc(Cl)cc3)s2)c(C)c1. The van der Waals surface area contributed by atoms with Gasteiger partial charge in [-0.1, -0.05) is 40.6 Å². The van der Waals surface area contributed by atoms with E-state index in [0.717, 1.165) is 16.9 Å². The standard InChI is InChI=1S/C19H18ClN3O3S2/c1-11-4-9-16(12(2)10-11)28(25,26)23-19-21-13(3)17(27-19)18(24)22-15-7-5-14(20)6-8-15/h4-10H,1-3H3,(H,21,23)(H,22,24). The van der Waals surface area contributed by atoms with Crippen molar-refractivity contribution < 1.29 is 13.2 Å². The summed E-state index contributed by atoms with van der Waals surface area (Å²) in [5.74, 6) is -0.366. The predicted molar refractivity (Wildman–Crippen MR) is 113 cm³/mol. The summed E-state index contributed by atoms with van der Waals surface area (Å²) >= 11 is 6.82. The first kappa shape index (κ1) is 20.3. The fraction of sp³-hybridized carbons (Fsp3) is 0.158. The van der Waals surface area contributed by atoms with Crippen LogP contribution in [0.1, 0.15) is 26.5 Å². The molecular weight excluding hydrogens is 418 g/mol. The van der Waals surface area contributed by atoms with Crippen LogP contribution in [0.2, 0.25) is 5.02 Å². The first-order chi connectivity index (χ1) is 13.2. The van der Waals surface area contributed by atoms with E-state index in [1.807, 2.05) is 6.92 Å². The van der Waals surface area contributed by atoms with Crippen LogP contribution in [-0.4, -0.2) is 19.3 Å². The summed E-state index contributed by atoms with van der Waals surface area (Å²) < 4.78 is 27.8. The number of carbonyl (C=O) groups is 1. The molecule has 3 aromatic rings. The normalized spacial score (nSPS) is 11.3. The topological polar surface area (TPSA) is 88.2 Å². The molecule has 3 rings (SSSR count). The molecule has 0 aliphatic rings. The van der Waals surface area contributed by atoms with Gasteiger partial charge in [-0.3, -0.25) is 9.52 Å². The summed E-state index contributed by atoms with van der Waals surface area (Å²) in [6, 6.07) is 11.8. The maximum Gasteiger partial charge on any atom is 0.267 e. The van der Waals surface area contributed by atoms with Gasteiger partial charge >= 0.3 is 0 Å². The van der Waals surface area contributed by atoms with Crippen molar-refractivity contribution in [2.24, 2.45) is 0 Å². The Morgan fingerprint density at radius 3 is 2.39 bits per heavy atom. The van der Waals surface area contributed by atoms with Crippen molar-refractivity contribution in [2.75, 3.05) is 10.0 Å². The van der Waals surface area contributed by atoms with Crippen LogP contribution in [0.3, 0.4) is 0 Å². The zero-order valence-corrected chi connectivity index (χ0v) is 17.8. The summed E-state index contributed by atoms with van der Waals surface area (Å²) in [5, 5.41) is 3.45. The molecule has 0 bridgehead atoms. The van der Waals surface area contributed by atoms with E-state index in [2.05, 4.69) is 15.0 Å². The van der Waals surface area contributed by atoms with Crippen molar-refractivity contribution in [3.63, 3.8) is 0 Å². The van der Waals surface area contributed by atoms with Crippen LogP contribution in [0.4, 0.5) is 10.8 Å². The lowest BCUT2D eigenvalue weighted by molar-refractivity contribution is 0.103. The first-order valence-electron chi connectivity index (χ1n) is 8.30. The zero-order chi connectivity index (χ0) is 20.5. The molecule has 0 atom stereocenters. The number of nitrogens with one attached hydrogen (secondary N) is 2. The van der Waals surface area contributed by atoms with Gasteiger partial charge in [0.2, 0.25) is 0 Å². The van der Waals surface area contributed by atoms with E-state index in [-0.39, 0.29) is 15.9 Å². The lowest BCUT2D eigenvalue weighted by atomic mass is 10.2. The van der Waals surface area contributed by atoms with Gasteiger partial charge in [0.1, 0.15) is 4.88 Å². The molecular formula is C19H18ClN3O3S2. The van der Waals surface area contributed by atoms with E-state index >= 15 is 0 Å². The van der Waals surface area contributed by atoms with E-state index in [1.165, 1.54) is 0 Å². The van der Waals surface area contributed by atoms with Crippen LogP contribution in [0.5, 0.6) is 0 Å². The van der Waals surface area contributed by atoms with Gasteiger partial charge < -0.3 is 5.32 Å². The highest BCUT2D eigenvalue weighted by Gasteiger charge is 2.21. The number of thiazole rings is 1. The molecule has 0 unspecified atom stereocenters. The molecule has 1 heterocycles. The molecule has 0 radical (unpaired) electrons. The first-order valence-corrected chi connectivity index (χ1v) is 11.0. The molecule has 0 aliphatic heterocycles. The van der Waals surface area contributed by atoms with Crippen LogP contribution in [0, 0.1) is 20.8 Å². The number of amides is 1. The number of sulfonamides is 1. The van der Waals surface area contributed by atoms with Gasteiger partial charge in [-0.05, 0) is 56.7 Å². The molecule has 0 spiro atoms. The maximum absolute atomic E-state index is 12.7. The van der Waals surface area contributed by atoms with Gasteiger partial charge in [0.05, 0.1) is 10.6 Å². The van der Waals surface area contributed by atoms with Gasteiger partial charge in [0.15, 0.2) is 5.13 Å². The highest BCUT2D eigenvalue weighted by atomic mass is 35.5. The summed E-state index contributed by atoms with van der Waals surface area (Å²) in [7, 11) is -3.80. The molecule has 9 heteroatoms. The van der Waals surface area contributed by atoms with E-state index in [0.29, 0.717) is 26.8 Å². The minimum atomic E-state index is -3.80. The molecule has 0 aliphatic carbocycles. The lowest BCUT2D eigenvalue weighted by Gasteiger charge is -2.08. The fourth-order valence-corrected chi connectivity index (χ4v) is 5.09. The van der Waals surface area contributed by atoms with E-state index < -0.39 is 10.0 Å². The van der Waals surface area contributed by atoms with E-state index in [4.69, 9.17) is 11.6 Å². The molecule has 146 valence electrons. The Labute approximate surface area is 172 Å². The number of aryl methyl sites for hydroxylation is 3. The molecule has 1 aromatic heterocycles. The maximum atomic E-state index is 12.7. The van der Waals surface area contributed by atoms with Gasteiger partial charge in [0, 0.05) is 10.7 Å². The summed E-state index contributed by atoms with van der Waals surface area (Å²) in [4.78, 5) is 17.2. The predicted octanol–water partition coefficient (Wildman–Crippen LogP) is 4.77. The number of hydrogen-bond donors (Lipinski definition) is 2. The van der Waals surface area contributed by atoms with Crippen LogP contribution < -0.4 is 10.0 Å². The molecule has 2 aromatic carbocycles. The van der Waals surface area contributed by atoms with Crippen molar-refractivity contribution in [3.05, 3.63) is 69.2 Å². The Bertz CT molecular complexity index is 1140. The molecule has 6 nitrogen and oxygen atoms in total. The Kier molecular flexibility index (Phi) is 5.74. The number of nitrogens with zero attached hydrogens (tertiary/aromatic N) is 1. The molecule has 0 saturated carbocycles. The van der Waals surface area contributed by atoms with Crippen molar-refractivity contribution >= 4 is 49.7 Å². The van der Waals surface area contributed by atoms with Gasteiger partial charge in [-0.2, -0.15) is 0 Å². The Morgan fingerprint density at radius 2 is 1.75 bits per heavy atom. The highest BCUT2D eigenvalue weighted by molar-refractivity contribution is 7.93. The van der Waals surface area contributed by atoms with E-state index in [9.17, 15) is 13.2 Å². The van der Waals surface area contributed by atoms with Crippen molar-refractivity contribution in [1.82, 2.24) is 4.98 Å². The Hall–Kier alpha value is -2.42. The average molecular weight is 436 g/mol. The molecule has 0 saturated heterocycles. The lowest BCUT2D eigenvalue weighted by Crippen LogP contribution is -2.14. The third-order valence-corrected chi connectivity index (χ3v) is 6.90. The minimum Gasteiger partial charge on any atom is -0.321 e. The van der Waals surface area contributed by atoms with E-state index in [1.54, 1.807) is 56.3 Å². The molecule has 2 N–H and O–H groups in total. The third kappa shape index (κ3) is 4.52. The number of anilines is 2. The average Bonchev–Trinajstić information content (AvgIpc) is 2.96. The van der Waals surface area contributed by atoms with Crippen molar-refractivity contribution in [1.29, 1.82) is 0 Å². The van der Waals surface area contributed by atoms with Crippen LogP contribution in [0.15, 0.2) is 47.4 Å². The summed E-state index contributed by atoms with van der Waals surface area (Å²) in [6.07, 6.45) is 0. The fourth-order valence-electron chi connectivity index (χ4n) is 2.64. The van der Waals surface area contributed by atoms with Gasteiger partial charge in [-0.25, -0.2) is 13.4 Å². The Balaban J connectivity index is 1.81. The summed E-state index contributed by atoms with van der Waals surface area (Å²) in [5.41, 5.74) is 2.64. The van der Waals surface area contributed by atoms with Crippen LogP contribution >= 0.6 is 22.9 Å². The number of aromatic nitrogens is 1. The second-order valence-corrected chi connectivity index (χ2v) is 9.36. The van der Waals surface area contributed by atoms with Gasteiger partial charge in [-0.15, -0.1) is 0 Å². The zero-order valence-electron chi connectivity index (χ0n) is 15.4. The number of rotatable bonds is 5. The van der Waals surface area contributed by atoms with Crippen molar-refractivity contribution in [2.45, 2.75) is 25.7 Å². The number of benzene rings is 2. The highest BCUT2D eigenvalue weighted by Crippen LogP contribution is 2.27. The number of halogens is 1. The smallest absolute Gasteiger partial charge is 0.267 e. The third-order valence-electron chi connectivity index (χ3n) is 3.95. The molecule has 0 fully saturated rings. The molecule has 28 heavy (non-hydrogen) atoms. The molecule has 1 amide bonds. The van der Waals surface area contributed by atoms with Gasteiger partial charge in [0.25, 0.3) is 15.9 Å². The number of hydrogen-bond acceptors (Lipinski definition) is 5.